The molecule has 1 aromatic rings. The predicted molar refractivity (Wildman–Crippen MR) is 59.6 cm³/mol. The van der Waals surface area contributed by atoms with Gasteiger partial charge in [0.15, 0.2) is 0 Å². The SMILES string of the molecule is NCc1nc(C(=O)NC2CC=CC2)cs1. The van der Waals surface area contributed by atoms with Gasteiger partial charge in [0.25, 0.3) is 5.91 Å². The van der Waals surface area contributed by atoms with E-state index in [2.05, 4.69) is 22.5 Å². The Kier molecular flexibility index (Phi) is 3.13. The van der Waals surface area contributed by atoms with Gasteiger partial charge in [0.1, 0.15) is 10.7 Å². The summed E-state index contributed by atoms with van der Waals surface area (Å²) in [6.45, 7) is 0.392. The zero-order valence-corrected chi connectivity index (χ0v) is 9.09. The zero-order valence-electron chi connectivity index (χ0n) is 8.27. The molecule has 0 saturated heterocycles. The van der Waals surface area contributed by atoms with Gasteiger partial charge in [-0.15, -0.1) is 11.3 Å². The molecular weight excluding hydrogens is 210 g/mol. The Labute approximate surface area is 92.2 Å². The van der Waals surface area contributed by atoms with Crippen LogP contribution in [0.15, 0.2) is 17.5 Å². The standard InChI is InChI=1S/C10H13N3OS/c11-5-9-13-8(6-15-9)10(14)12-7-3-1-2-4-7/h1-2,6-7H,3-5,11H2,(H,12,14). The van der Waals surface area contributed by atoms with E-state index in [4.69, 9.17) is 5.73 Å². The van der Waals surface area contributed by atoms with Crippen LogP contribution < -0.4 is 11.1 Å². The average Bonchev–Trinajstić information content (AvgIpc) is 2.86. The molecule has 0 atom stereocenters. The first-order valence-corrected chi connectivity index (χ1v) is 5.78. The van der Waals surface area contributed by atoms with E-state index in [0.29, 0.717) is 12.2 Å². The third-order valence-corrected chi connectivity index (χ3v) is 3.17. The first kappa shape index (κ1) is 10.3. The summed E-state index contributed by atoms with van der Waals surface area (Å²) in [6, 6.07) is 0.237. The number of carbonyl (C=O) groups is 1. The van der Waals surface area contributed by atoms with Gasteiger partial charge >= 0.3 is 0 Å². The molecule has 1 heterocycles. The van der Waals surface area contributed by atoms with E-state index in [9.17, 15) is 4.79 Å². The molecule has 0 radical (unpaired) electrons. The van der Waals surface area contributed by atoms with E-state index in [1.54, 1.807) is 5.38 Å². The lowest BCUT2D eigenvalue weighted by atomic mass is 10.2. The number of thiazole rings is 1. The molecule has 1 aliphatic rings. The Balaban J connectivity index is 1.95. The van der Waals surface area contributed by atoms with Crippen LogP contribution in [0, 0.1) is 0 Å². The second kappa shape index (κ2) is 4.55. The number of hydrogen-bond acceptors (Lipinski definition) is 4. The van der Waals surface area contributed by atoms with Gasteiger partial charge in [-0.05, 0) is 12.8 Å². The largest absolute Gasteiger partial charge is 0.347 e. The van der Waals surface area contributed by atoms with E-state index < -0.39 is 0 Å². The molecule has 1 amide bonds. The van der Waals surface area contributed by atoms with Crippen molar-refractivity contribution in [2.45, 2.75) is 25.4 Å². The molecule has 4 nitrogen and oxygen atoms in total. The summed E-state index contributed by atoms with van der Waals surface area (Å²) >= 11 is 1.42. The highest BCUT2D eigenvalue weighted by Crippen LogP contribution is 2.12. The number of amides is 1. The van der Waals surface area contributed by atoms with Crippen LogP contribution in [0.4, 0.5) is 0 Å². The lowest BCUT2D eigenvalue weighted by molar-refractivity contribution is 0.0934. The van der Waals surface area contributed by atoms with E-state index in [0.717, 1.165) is 17.8 Å². The monoisotopic (exact) mass is 223 g/mol. The highest BCUT2D eigenvalue weighted by molar-refractivity contribution is 7.09. The highest BCUT2D eigenvalue weighted by atomic mass is 32.1. The second-order valence-electron chi connectivity index (χ2n) is 3.44. The first-order valence-electron chi connectivity index (χ1n) is 4.90. The maximum absolute atomic E-state index is 11.7. The molecule has 0 aliphatic heterocycles. The first-order chi connectivity index (χ1) is 7.29. The van der Waals surface area contributed by atoms with Crippen molar-refractivity contribution >= 4 is 17.2 Å². The van der Waals surface area contributed by atoms with Crippen LogP contribution >= 0.6 is 11.3 Å². The Bertz CT molecular complexity index is 378. The number of nitrogens with two attached hydrogens (primary N) is 1. The fourth-order valence-electron chi connectivity index (χ4n) is 1.50. The van der Waals surface area contributed by atoms with Crippen molar-refractivity contribution in [3.8, 4) is 0 Å². The molecule has 0 spiro atoms. The van der Waals surface area contributed by atoms with E-state index in [-0.39, 0.29) is 11.9 Å². The van der Waals surface area contributed by atoms with Gasteiger partial charge in [-0.1, -0.05) is 12.2 Å². The van der Waals surface area contributed by atoms with Gasteiger partial charge in [0.05, 0.1) is 0 Å². The summed E-state index contributed by atoms with van der Waals surface area (Å²) in [6.07, 6.45) is 5.99. The quantitative estimate of drug-likeness (QED) is 0.753. The van der Waals surface area contributed by atoms with Crippen molar-refractivity contribution in [1.29, 1.82) is 0 Å². The van der Waals surface area contributed by atoms with Crippen molar-refractivity contribution in [3.05, 3.63) is 28.2 Å². The van der Waals surface area contributed by atoms with E-state index >= 15 is 0 Å². The van der Waals surface area contributed by atoms with Crippen LogP contribution in [-0.2, 0) is 6.54 Å². The van der Waals surface area contributed by atoms with Crippen LogP contribution in [0.5, 0.6) is 0 Å². The third-order valence-electron chi connectivity index (χ3n) is 2.30. The molecule has 80 valence electrons. The molecule has 0 unspecified atom stereocenters. The second-order valence-corrected chi connectivity index (χ2v) is 4.39. The molecule has 0 saturated carbocycles. The Morgan fingerprint density at radius 1 is 1.60 bits per heavy atom. The molecule has 3 N–H and O–H groups in total. The van der Waals surface area contributed by atoms with E-state index in [1.165, 1.54) is 11.3 Å². The molecule has 1 aromatic heterocycles. The topological polar surface area (TPSA) is 68.0 Å². The maximum Gasteiger partial charge on any atom is 0.270 e. The van der Waals surface area contributed by atoms with Crippen molar-refractivity contribution in [2.75, 3.05) is 0 Å². The lowest BCUT2D eigenvalue weighted by Gasteiger charge is -2.09. The molecule has 0 fully saturated rings. The smallest absolute Gasteiger partial charge is 0.270 e. The summed E-state index contributed by atoms with van der Waals surface area (Å²) in [5, 5.41) is 5.48. The Morgan fingerprint density at radius 3 is 2.93 bits per heavy atom. The number of nitrogens with zero attached hydrogens (tertiary/aromatic N) is 1. The van der Waals surface area contributed by atoms with Crippen molar-refractivity contribution < 1.29 is 4.79 Å². The fourth-order valence-corrected chi connectivity index (χ4v) is 2.16. The number of aromatic nitrogens is 1. The van der Waals surface area contributed by atoms with Crippen LogP contribution in [-0.4, -0.2) is 16.9 Å². The van der Waals surface area contributed by atoms with Gasteiger partial charge in [-0.2, -0.15) is 0 Å². The molecule has 1 aliphatic carbocycles. The minimum Gasteiger partial charge on any atom is -0.347 e. The van der Waals surface area contributed by atoms with Gasteiger partial charge in [-0.3, -0.25) is 4.79 Å². The van der Waals surface area contributed by atoms with Crippen LogP contribution in [0.3, 0.4) is 0 Å². The minimum atomic E-state index is -0.0975. The number of hydrogen-bond donors (Lipinski definition) is 2. The number of rotatable bonds is 3. The van der Waals surface area contributed by atoms with Crippen LogP contribution in [0.2, 0.25) is 0 Å². The zero-order chi connectivity index (χ0) is 10.7. The van der Waals surface area contributed by atoms with Gasteiger partial charge < -0.3 is 11.1 Å². The van der Waals surface area contributed by atoms with Crippen LogP contribution in [0.1, 0.15) is 28.3 Å². The maximum atomic E-state index is 11.7. The molecule has 0 bridgehead atoms. The average molecular weight is 223 g/mol. The van der Waals surface area contributed by atoms with E-state index in [1.807, 2.05) is 0 Å². The Morgan fingerprint density at radius 2 is 2.33 bits per heavy atom. The Hall–Kier alpha value is -1.20. The van der Waals surface area contributed by atoms with Crippen molar-refractivity contribution in [1.82, 2.24) is 10.3 Å². The third kappa shape index (κ3) is 2.43. The lowest BCUT2D eigenvalue weighted by Crippen LogP contribution is -2.33. The summed E-state index contributed by atoms with van der Waals surface area (Å²) < 4.78 is 0. The highest BCUT2D eigenvalue weighted by Gasteiger charge is 2.16. The number of nitrogens with one attached hydrogen (secondary N) is 1. The van der Waals surface area contributed by atoms with Gasteiger partial charge in [0.2, 0.25) is 0 Å². The number of carbonyl (C=O) groups excluding carboxylic acids is 1. The molecule has 5 heteroatoms. The molecular formula is C10H13N3OS. The van der Waals surface area contributed by atoms with Gasteiger partial charge in [0, 0.05) is 18.0 Å². The summed E-state index contributed by atoms with van der Waals surface area (Å²) in [4.78, 5) is 15.8. The van der Waals surface area contributed by atoms with Crippen molar-refractivity contribution in [2.24, 2.45) is 5.73 Å². The summed E-state index contributed by atoms with van der Waals surface area (Å²) in [5.41, 5.74) is 5.91. The fraction of sp³-hybridized carbons (Fsp3) is 0.400. The van der Waals surface area contributed by atoms with Gasteiger partial charge in [-0.25, -0.2) is 4.98 Å². The van der Waals surface area contributed by atoms with Crippen LogP contribution in [0.25, 0.3) is 0 Å². The van der Waals surface area contributed by atoms with Crippen molar-refractivity contribution in [3.63, 3.8) is 0 Å². The minimum absolute atomic E-state index is 0.0975. The predicted octanol–water partition coefficient (Wildman–Crippen LogP) is 1.05. The molecule has 15 heavy (non-hydrogen) atoms. The normalized spacial score (nSPS) is 15.8. The molecule has 0 aromatic carbocycles. The molecule has 2 rings (SSSR count). The summed E-state index contributed by atoms with van der Waals surface area (Å²) in [7, 11) is 0. The summed E-state index contributed by atoms with van der Waals surface area (Å²) in [5.74, 6) is -0.0975.